The minimum absolute atomic E-state index is 0.114. The molecule has 4 N–H and O–H groups in total. The van der Waals surface area contributed by atoms with Gasteiger partial charge in [0.1, 0.15) is 0 Å². The van der Waals surface area contributed by atoms with E-state index in [1.54, 1.807) is 25.3 Å². The second kappa shape index (κ2) is 7.82. The number of primary amides is 1. The molecule has 0 saturated heterocycles. The zero-order valence-corrected chi connectivity index (χ0v) is 13.1. The third-order valence-corrected chi connectivity index (χ3v) is 3.85. The first-order valence-electron chi connectivity index (χ1n) is 7.61. The van der Waals surface area contributed by atoms with Crippen molar-refractivity contribution in [2.75, 3.05) is 13.7 Å². The number of rotatable bonds is 6. The lowest BCUT2D eigenvalue weighted by atomic mass is 10.1. The fraction of sp³-hybridized carbons (Fsp3) is 0.500. The van der Waals surface area contributed by atoms with Gasteiger partial charge in [-0.15, -0.1) is 0 Å². The molecule has 0 heterocycles. The van der Waals surface area contributed by atoms with Gasteiger partial charge in [-0.2, -0.15) is 0 Å². The molecule has 1 aromatic rings. The monoisotopic (exact) mass is 322 g/mol. The standard InChI is InChI=1S/C16H22N2O5/c1-22-13-7-6-10(12(19)9-18-16(21)15(17)20)8-14(13)23-11-4-2-3-5-11/h6-8,11-12,19H,2-5,9H2,1H3,(H2,17,20)(H,18,21). The summed E-state index contributed by atoms with van der Waals surface area (Å²) in [5, 5.41) is 12.4. The third kappa shape index (κ3) is 4.59. The zero-order valence-electron chi connectivity index (χ0n) is 13.1. The second-order valence-electron chi connectivity index (χ2n) is 5.52. The van der Waals surface area contributed by atoms with Crippen molar-refractivity contribution in [1.29, 1.82) is 0 Å². The van der Waals surface area contributed by atoms with Crippen molar-refractivity contribution in [2.45, 2.75) is 37.9 Å². The molecule has 1 unspecified atom stereocenters. The summed E-state index contributed by atoms with van der Waals surface area (Å²) < 4.78 is 11.2. The van der Waals surface area contributed by atoms with Crippen molar-refractivity contribution in [3.63, 3.8) is 0 Å². The fourth-order valence-electron chi connectivity index (χ4n) is 2.57. The Kier molecular flexibility index (Phi) is 5.81. The van der Waals surface area contributed by atoms with Crippen molar-refractivity contribution in [3.05, 3.63) is 23.8 Å². The lowest BCUT2D eigenvalue weighted by molar-refractivity contribution is -0.137. The van der Waals surface area contributed by atoms with E-state index in [4.69, 9.17) is 15.2 Å². The molecule has 1 atom stereocenters. The Balaban J connectivity index is 2.06. The molecule has 0 radical (unpaired) electrons. The lowest BCUT2D eigenvalue weighted by Crippen LogP contribution is -2.38. The largest absolute Gasteiger partial charge is 0.493 e. The first kappa shape index (κ1) is 17.1. The Morgan fingerprint density at radius 1 is 1.35 bits per heavy atom. The SMILES string of the molecule is COc1ccc(C(O)CNC(=O)C(N)=O)cc1OC1CCCC1. The maximum Gasteiger partial charge on any atom is 0.309 e. The van der Waals surface area contributed by atoms with Crippen LogP contribution in [0.25, 0.3) is 0 Å². The van der Waals surface area contributed by atoms with Crippen LogP contribution in [-0.4, -0.2) is 36.7 Å². The van der Waals surface area contributed by atoms with Crippen LogP contribution in [0.2, 0.25) is 0 Å². The molecule has 7 heteroatoms. The van der Waals surface area contributed by atoms with E-state index >= 15 is 0 Å². The number of hydrogen-bond donors (Lipinski definition) is 3. The quantitative estimate of drug-likeness (QED) is 0.666. The Morgan fingerprint density at radius 3 is 2.65 bits per heavy atom. The first-order valence-corrected chi connectivity index (χ1v) is 7.61. The molecule has 1 saturated carbocycles. The van der Waals surface area contributed by atoms with Gasteiger partial charge in [-0.1, -0.05) is 6.07 Å². The molecule has 0 spiro atoms. The Morgan fingerprint density at radius 2 is 2.04 bits per heavy atom. The summed E-state index contributed by atoms with van der Waals surface area (Å²) in [6.45, 7) is -0.114. The number of carbonyl (C=O) groups excluding carboxylic acids is 2. The Hall–Kier alpha value is -2.28. The van der Waals surface area contributed by atoms with Crippen LogP contribution in [0.15, 0.2) is 18.2 Å². The number of benzene rings is 1. The predicted molar refractivity (Wildman–Crippen MR) is 83.0 cm³/mol. The summed E-state index contributed by atoms with van der Waals surface area (Å²) in [5.41, 5.74) is 5.40. The lowest BCUT2D eigenvalue weighted by Gasteiger charge is -2.18. The molecular formula is C16H22N2O5. The summed E-state index contributed by atoms with van der Waals surface area (Å²) in [7, 11) is 1.56. The number of carbonyl (C=O) groups is 2. The highest BCUT2D eigenvalue weighted by molar-refractivity contribution is 6.34. The van der Waals surface area contributed by atoms with E-state index in [0.717, 1.165) is 25.7 Å². The number of hydrogen-bond acceptors (Lipinski definition) is 5. The van der Waals surface area contributed by atoms with E-state index in [0.29, 0.717) is 17.1 Å². The van der Waals surface area contributed by atoms with Gasteiger partial charge >= 0.3 is 11.8 Å². The molecule has 1 aliphatic rings. The number of nitrogens with one attached hydrogen (secondary N) is 1. The summed E-state index contributed by atoms with van der Waals surface area (Å²) in [6, 6.07) is 5.08. The average molecular weight is 322 g/mol. The normalized spacial score (nSPS) is 15.9. The molecule has 2 rings (SSSR count). The number of aliphatic hydroxyl groups excluding tert-OH is 1. The van der Waals surface area contributed by atoms with E-state index in [1.165, 1.54) is 0 Å². The van der Waals surface area contributed by atoms with E-state index in [9.17, 15) is 14.7 Å². The third-order valence-electron chi connectivity index (χ3n) is 3.85. The van der Waals surface area contributed by atoms with Gasteiger partial charge in [0.15, 0.2) is 11.5 Å². The van der Waals surface area contributed by atoms with Crippen LogP contribution in [0, 0.1) is 0 Å². The molecule has 1 fully saturated rings. The average Bonchev–Trinajstić information content (AvgIpc) is 3.05. The van der Waals surface area contributed by atoms with Gasteiger partial charge in [-0.05, 0) is 43.4 Å². The smallest absolute Gasteiger partial charge is 0.309 e. The molecule has 0 aliphatic heterocycles. The number of amides is 2. The van der Waals surface area contributed by atoms with Gasteiger partial charge in [0, 0.05) is 6.54 Å². The predicted octanol–water partition coefficient (Wildman–Crippen LogP) is 0.651. The molecule has 0 aromatic heterocycles. The van der Waals surface area contributed by atoms with Crippen molar-refractivity contribution in [1.82, 2.24) is 5.32 Å². The number of aliphatic hydroxyl groups is 1. The molecule has 1 aromatic carbocycles. The fourth-order valence-corrected chi connectivity index (χ4v) is 2.57. The van der Waals surface area contributed by atoms with Gasteiger partial charge in [0.25, 0.3) is 0 Å². The first-order chi connectivity index (χ1) is 11.0. The maximum absolute atomic E-state index is 11.1. The summed E-state index contributed by atoms with van der Waals surface area (Å²) in [5.74, 6) is -0.858. The molecule has 126 valence electrons. The van der Waals surface area contributed by atoms with Crippen LogP contribution in [0.1, 0.15) is 37.4 Å². The van der Waals surface area contributed by atoms with Crippen molar-refractivity contribution in [2.24, 2.45) is 5.73 Å². The van der Waals surface area contributed by atoms with Crippen LogP contribution in [0.3, 0.4) is 0 Å². The van der Waals surface area contributed by atoms with Crippen LogP contribution < -0.4 is 20.5 Å². The maximum atomic E-state index is 11.1. The van der Waals surface area contributed by atoms with Gasteiger partial charge in [0.05, 0.1) is 19.3 Å². The number of nitrogens with two attached hydrogens (primary N) is 1. The minimum Gasteiger partial charge on any atom is -0.493 e. The summed E-state index contributed by atoms with van der Waals surface area (Å²) in [4.78, 5) is 21.8. The van der Waals surface area contributed by atoms with Crippen LogP contribution in [-0.2, 0) is 9.59 Å². The van der Waals surface area contributed by atoms with Crippen molar-refractivity contribution in [3.8, 4) is 11.5 Å². The van der Waals surface area contributed by atoms with Crippen LogP contribution >= 0.6 is 0 Å². The topological polar surface area (TPSA) is 111 Å². The van der Waals surface area contributed by atoms with Gasteiger partial charge in [-0.3, -0.25) is 9.59 Å². The molecule has 0 bridgehead atoms. The summed E-state index contributed by atoms with van der Waals surface area (Å²) >= 11 is 0. The van der Waals surface area contributed by atoms with Gasteiger partial charge in [0.2, 0.25) is 0 Å². The van der Waals surface area contributed by atoms with Gasteiger partial charge < -0.3 is 25.6 Å². The highest BCUT2D eigenvalue weighted by Crippen LogP contribution is 2.33. The van der Waals surface area contributed by atoms with E-state index in [-0.39, 0.29) is 12.6 Å². The highest BCUT2D eigenvalue weighted by Gasteiger charge is 2.20. The van der Waals surface area contributed by atoms with Crippen LogP contribution in [0.4, 0.5) is 0 Å². The highest BCUT2D eigenvalue weighted by atomic mass is 16.5. The molecular weight excluding hydrogens is 300 g/mol. The Labute approximate surface area is 134 Å². The van der Waals surface area contributed by atoms with Crippen LogP contribution in [0.5, 0.6) is 11.5 Å². The van der Waals surface area contributed by atoms with Crippen molar-refractivity contribution < 1.29 is 24.2 Å². The zero-order chi connectivity index (χ0) is 16.8. The summed E-state index contributed by atoms with van der Waals surface area (Å²) in [6.07, 6.45) is 3.49. The van der Waals surface area contributed by atoms with E-state index in [1.807, 2.05) is 0 Å². The van der Waals surface area contributed by atoms with Gasteiger partial charge in [-0.25, -0.2) is 0 Å². The second-order valence-corrected chi connectivity index (χ2v) is 5.52. The molecule has 2 amide bonds. The van der Waals surface area contributed by atoms with Crippen molar-refractivity contribution >= 4 is 11.8 Å². The number of methoxy groups -OCH3 is 1. The Bertz CT molecular complexity index is 570. The van der Waals surface area contributed by atoms with E-state index < -0.39 is 17.9 Å². The molecule has 1 aliphatic carbocycles. The molecule has 23 heavy (non-hydrogen) atoms. The minimum atomic E-state index is -1.09. The number of ether oxygens (including phenoxy) is 2. The van der Waals surface area contributed by atoms with E-state index in [2.05, 4.69) is 5.32 Å². The molecule has 7 nitrogen and oxygen atoms in total.